The van der Waals surface area contributed by atoms with Crippen LogP contribution >= 0.6 is 0 Å². The number of nitrogens with zero attached hydrogens (tertiary/aromatic N) is 4. The van der Waals surface area contributed by atoms with Crippen LogP contribution in [0.3, 0.4) is 0 Å². The third kappa shape index (κ3) is 2.58. The largest absolute Gasteiger partial charge is 0.423 e. The highest BCUT2D eigenvalue weighted by Crippen LogP contribution is 2.32. The van der Waals surface area contributed by atoms with Crippen LogP contribution in [0.15, 0.2) is 22.6 Å². The summed E-state index contributed by atoms with van der Waals surface area (Å²) in [7, 11) is 0. The summed E-state index contributed by atoms with van der Waals surface area (Å²) in [4.78, 5) is 12.6. The zero-order chi connectivity index (χ0) is 15.0. The molecule has 0 N–H and O–H groups in total. The van der Waals surface area contributed by atoms with Crippen molar-refractivity contribution >= 4 is 11.4 Å². The predicted molar refractivity (Wildman–Crippen MR) is 76.2 cm³/mol. The van der Waals surface area contributed by atoms with Gasteiger partial charge in [-0.25, -0.2) is 0 Å². The van der Waals surface area contributed by atoms with Crippen molar-refractivity contribution in [1.29, 1.82) is 0 Å². The van der Waals surface area contributed by atoms with E-state index in [1.54, 1.807) is 12.1 Å². The van der Waals surface area contributed by atoms with Crippen LogP contribution in [0.25, 0.3) is 0 Å². The van der Waals surface area contributed by atoms with Crippen molar-refractivity contribution in [3.63, 3.8) is 0 Å². The van der Waals surface area contributed by atoms with Crippen molar-refractivity contribution in [2.75, 3.05) is 11.4 Å². The molecular weight excluding hydrogens is 272 g/mol. The van der Waals surface area contributed by atoms with Gasteiger partial charge in [0, 0.05) is 30.3 Å². The maximum atomic E-state index is 10.9. The molecule has 0 saturated heterocycles. The van der Waals surface area contributed by atoms with E-state index in [1.807, 2.05) is 24.8 Å². The lowest BCUT2D eigenvalue weighted by Crippen LogP contribution is -2.19. The number of anilines is 1. The van der Waals surface area contributed by atoms with Crippen LogP contribution in [0.1, 0.15) is 37.1 Å². The molecule has 0 fully saturated rings. The van der Waals surface area contributed by atoms with Gasteiger partial charge in [0.05, 0.1) is 11.5 Å². The Kier molecular flexibility index (Phi) is 3.32. The molecule has 0 amide bonds. The highest BCUT2D eigenvalue weighted by atomic mass is 16.6. The Bertz CT molecular complexity index is 681. The summed E-state index contributed by atoms with van der Waals surface area (Å²) in [5.41, 5.74) is 2.10. The van der Waals surface area contributed by atoms with Crippen LogP contribution in [0, 0.1) is 10.1 Å². The van der Waals surface area contributed by atoms with E-state index in [1.165, 1.54) is 0 Å². The molecular formula is C14H16N4O3. The summed E-state index contributed by atoms with van der Waals surface area (Å²) in [6.45, 7) is 5.27. The summed E-state index contributed by atoms with van der Waals surface area (Å²) in [5.74, 6) is 1.35. The minimum absolute atomic E-state index is 0.106. The van der Waals surface area contributed by atoms with Gasteiger partial charge in [-0.3, -0.25) is 10.1 Å². The molecule has 0 atom stereocenters. The first-order chi connectivity index (χ1) is 10.0. The van der Waals surface area contributed by atoms with Crippen LogP contribution in [0.2, 0.25) is 0 Å². The zero-order valence-corrected chi connectivity index (χ0v) is 11.9. The fourth-order valence-electron chi connectivity index (χ4n) is 2.44. The topological polar surface area (TPSA) is 85.3 Å². The monoisotopic (exact) mass is 288 g/mol. The van der Waals surface area contributed by atoms with Gasteiger partial charge in [-0.05, 0) is 12.0 Å². The molecule has 0 radical (unpaired) electrons. The standard InChI is InChI=1S/C14H16N4O3/c1-9(2)14-16-15-13(21-14)8-17-6-5-10-3-4-11(18(19)20)7-12(10)17/h3-4,7,9H,5-6,8H2,1-2H3. The maximum Gasteiger partial charge on any atom is 0.271 e. The molecule has 0 bridgehead atoms. The van der Waals surface area contributed by atoms with E-state index in [9.17, 15) is 10.1 Å². The Morgan fingerprint density at radius 3 is 2.90 bits per heavy atom. The number of non-ortho nitro benzene ring substituents is 1. The first kappa shape index (κ1) is 13.5. The second-order valence-electron chi connectivity index (χ2n) is 5.43. The summed E-state index contributed by atoms with van der Waals surface area (Å²) in [5, 5.41) is 18.9. The van der Waals surface area contributed by atoms with Gasteiger partial charge in [0.2, 0.25) is 11.8 Å². The zero-order valence-electron chi connectivity index (χ0n) is 11.9. The van der Waals surface area contributed by atoms with E-state index in [0.717, 1.165) is 24.2 Å². The SMILES string of the molecule is CC(C)c1nnc(CN2CCc3ccc([N+](=O)[O-])cc32)o1. The van der Waals surface area contributed by atoms with Crippen LogP contribution < -0.4 is 4.90 Å². The van der Waals surface area contributed by atoms with E-state index < -0.39 is 0 Å². The Morgan fingerprint density at radius 1 is 1.43 bits per heavy atom. The van der Waals surface area contributed by atoms with Gasteiger partial charge in [-0.15, -0.1) is 10.2 Å². The van der Waals surface area contributed by atoms with Gasteiger partial charge >= 0.3 is 0 Å². The maximum absolute atomic E-state index is 10.9. The summed E-state index contributed by atoms with van der Waals surface area (Å²) < 4.78 is 5.60. The predicted octanol–water partition coefficient (Wildman–Crippen LogP) is 2.66. The minimum atomic E-state index is -0.375. The number of benzene rings is 1. The molecule has 7 nitrogen and oxygen atoms in total. The van der Waals surface area contributed by atoms with Gasteiger partial charge in [-0.2, -0.15) is 0 Å². The highest BCUT2D eigenvalue weighted by molar-refractivity contribution is 5.62. The van der Waals surface area contributed by atoms with E-state index in [-0.39, 0.29) is 16.5 Å². The van der Waals surface area contributed by atoms with E-state index in [4.69, 9.17) is 4.42 Å². The molecule has 1 aliphatic heterocycles. The lowest BCUT2D eigenvalue weighted by atomic mass is 10.1. The van der Waals surface area contributed by atoms with Crippen molar-refractivity contribution in [2.45, 2.75) is 32.7 Å². The molecule has 21 heavy (non-hydrogen) atoms. The van der Waals surface area contributed by atoms with Crippen LogP contribution in [0.4, 0.5) is 11.4 Å². The molecule has 2 heterocycles. The molecule has 0 aliphatic carbocycles. The number of nitro groups is 1. The Morgan fingerprint density at radius 2 is 2.24 bits per heavy atom. The molecule has 7 heteroatoms. The average molecular weight is 288 g/mol. The molecule has 0 unspecified atom stereocenters. The lowest BCUT2D eigenvalue weighted by Gasteiger charge is -2.16. The normalized spacial score (nSPS) is 13.8. The second-order valence-corrected chi connectivity index (χ2v) is 5.43. The minimum Gasteiger partial charge on any atom is -0.423 e. The molecule has 1 aromatic heterocycles. The Hall–Kier alpha value is -2.44. The molecule has 3 rings (SSSR count). The third-order valence-corrected chi connectivity index (χ3v) is 3.57. The number of hydrogen-bond acceptors (Lipinski definition) is 6. The summed E-state index contributed by atoms with van der Waals surface area (Å²) >= 11 is 0. The Balaban J connectivity index is 1.83. The third-order valence-electron chi connectivity index (χ3n) is 3.57. The van der Waals surface area contributed by atoms with E-state index in [0.29, 0.717) is 18.3 Å². The first-order valence-electron chi connectivity index (χ1n) is 6.89. The molecule has 1 aromatic carbocycles. The van der Waals surface area contributed by atoms with E-state index >= 15 is 0 Å². The van der Waals surface area contributed by atoms with Crippen molar-refractivity contribution in [1.82, 2.24) is 10.2 Å². The van der Waals surface area contributed by atoms with Gasteiger partial charge in [-0.1, -0.05) is 19.9 Å². The van der Waals surface area contributed by atoms with Gasteiger partial charge in [0.25, 0.3) is 5.69 Å². The molecule has 0 spiro atoms. The van der Waals surface area contributed by atoms with Gasteiger partial charge < -0.3 is 9.32 Å². The quantitative estimate of drug-likeness (QED) is 0.635. The molecule has 1 aliphatic rings. The molecule has 0 saturated carbocycles. The first-order valence-corrected chi connectivity index (χ1v) is 6.89. The fourth-order valence-corrected chi connectivity index (χ4v) is 2.44. The summed E-state index contributed by atoms with van der Waals surface area (Å²) in [6, 6.07) is 4.98. The molecule has 2 aromatic rings. The number of rotatable bonds is 4. The number of hydrogen-bond donors (Lipinski definition) is 0. The fraction of sp³-hybridized carbons (Fsp3) is 0.429. The van der Waals surface area contributed by atoms with Gasteiger partial charge in [0.15, 0.2) is 0 Å². The van der Waals surface area contributed by atoms with Crippen molar-refractivity contribution < 1.29 is 9.34 Å². The van der Waals surface area contributed by atoms with Crippen molar-refractivity contribution in [2.24, 2.45) is 0 Å². The summed E-state index contributed by atoms with van der Waals surface area (Å²) in [6.07, 6.45) is 0.874. The molecule has 110 valence electrons. The van der Waals surface area contributed by atoms with Crippen LogP contribution in [-0.2, 0) is 13.0 Å². The van der Waals surface area contributed by atoms with Crippen molar-refractivity contribution in [3.05, 3.63) is 45.7 Å². The highest BCUT2D eigenvalue weighted by Gasteiger charge is 2.23. The van der Waals surface area contributed by atoms with Gasteiger partial charge in [0.1, 0.15) is 0 Å². The van der Waals surface area contributed by atoms with Crippen molar-refractivity contribution in [3.8, 4) is 0 Å². The lowest BCUT2D eigenvalue weighted by molar-refractivity contribution is -0.384. The second kappa shape index (κ2) is 5.16. The smallest absolute Gasteiger partial charge is 0.271 e. The Labute approximate surface area is 121 Å². The van der Waals surface area contributed by atoms with Crippen LogP contribution in [0.5, 0.6) is 0 Å². The number of aromatic nitrogens is 2. The van der Waals surface area contributed by atoms with E-state index in [2.05, 4.69) is 10.2 Å². The number of nitro benzene ring substituents is 1. The number of fused-ring (bicyclic) bond motifs is 1. The van der Waals surface area contributed by atoms with Crippen LogP contribution in [-0.4, -0.2) is 21.7 Å². The average Bonchev–Trinajstić information content (AvgIpc) is 3.06.